The predicted octanol–water partition coefficient (Wildman–Crippen LogP) is 3.02. The Kier molecular flexibility index (Phi) is 5.59. The van der Waals surface area contributed by atoms with Crippen LogP contribution in [-0.4, -0.2) is 32.6 Å². The van der Waals surface area contributed by atoms with E-state index in [2.05, 4.69) is 10.1 Å². The lowest BCUT2D eigenvalue weighted by atomic mass is 10.2. The number of carbonyl (C=O) groups is 1. The smallest absolute Gasteiger partial charge is 0.222 e. The molecule has 0 N–H and O–H groups in total. The molecule has 2 aromatic rings. The van der Waals surface area contributed by atoms with Crippen molar-refractivity contribution < 1.29 is 4.79 Å². The lowest BCUT2D eigenvalue weighted by molar-refractivity contribution is -0.130. The molecular weight excluding hydrogens is 311 g/mol. The molecule has 0 saturated heterocycles. The average molecular weight is 327 g/mol. The summed E-state index contributed by atoms with van der Waals surface area (Å²) in [4.78, 5) is 17.6. The Bertz CT molecular complexity index is 601. The van der Waals surface area contributed by atoms with E-state index in [1.54, 1.807) is 35.1 Å². The van der Waals surface area contributed by atoms with Crippen molar-refractivity contribution in [3.8, 4) is 0 Å². The number of hydrogen-bond acceptors (Lipinski definition) is 3. The number of aryl methyl sites for hydroxylation is 1. The fourth-order valence-corrected chi connectivity index (χ4v) is 2.25. The maximum absolute atomic E-state index is 12.0. The second kappa shape index (κ2) is 7.43. The molecule has 112 valence electrons. The van der Waals surface area contributed by atoms with Gasteiger partial charge in [0.25, 0.3) is 0 Å². The van der Waals surface area contributed by atoms with Gasteiger partial charge in [0.1, 0.15) is 12.7 Å². The second-order valence-corrected chi connectivity index (χ2v) is 5.57. The first-order valence-electron chi connectivity index (χ1n) is 6.56. The van der Waals surface area contributed by atoms with E-state index < -0.39 is 0 Å². The standard InChI is InChI=1S/C14H16Cl2N4O/c1-19(8-11-4-5-12(15)13(16)7-11)14(21)3-2-6-20-10-17-9-18-20/h4-5,7,9-10H,2-3,6,8H2,1H3. The molecule has 7 heteroatoms. The molecule has 0 spiro atoms. The quantitative estimate of drug-likeness (QED) is 0.819. The van der Waals surface area contributed by atoms with Gasteiger partial charge in [-0.2, -0.15) is 5.10 Å². The van der Waals surface area contributed by atoms with Crippen LogP contribution in [0.4, 0.5) is 0 Å². The Hall–Kier alpha value is -1.59. The molecule has 0 saturated carbocycles. The summed E-state index contributed by atoms with van der Waals surface area (Å²) in [7, 11) is 1.78. The van der Waals surface area contributed by atoms with Crippen LogP contribution in [0.5, 0.6) is 0 Å². The maximum Gasteiger partial charge on any atom is 0.222 e. The number of hydrogen-bond donors (Lipinski definition) is 0. The predicted molar refractivity (Wildman–Crippen MR) is 82.2 cm³/mol. The van der Waals surface area contributed by atoms with Crippen LogP contribution in [-0.2, 0) is 17.9 Å². The number of nitrogens with zero attached hydrogens (tertiary/aromatic N) is 4. The molecule has 0 fully saturated rings. The molecule has 21 heavy (non-hydrogen) atoms. The van der Waals surface area contributed by atoms with Gasteiger partial charge in [0.15, 0.2) is 0 Å². The summed E-state index contributed by atoms with van der Waals surface area (Å²) in [5, 5.41) is 5.01. The highest BCUT2D eigenvalue weighted by molar-refractivity contribution is 6.42. The van der Waals surface area contributed by atoms with Crippen molar-refractivity contribution in [2.75, 3.05) is 7.05 Å². The van der Waals surface area contributed by atoms with Gasteiger partial charge in [-0.05, 0) is 24.1 Å². The van der Waals surface area contributed by atoms with Gasteiger partial charge in [0.05, 0.1) is 10.0 Å². The van der Waals surface area contributed by atoms with Crippen molar-refractivity contribution in [3.63, 3.8) is 0 Å². The minimum atomic E-state index is 0.0844. The van der Waals surface area contributed by atoms with Crippen LogP contribution in [0.3, 0.4) is 0 Å². The van der Waals surface area contributed by atoms with Gasteiger partial charge in [-0.15, -0.1) is 0 Å². The van der Waals surface area contributed by atoms with Crippen LogP contribution in [0.1, 0.15) is 18.4 Å². The molecule has 0 atom stereocenters. The van der Waals surface area contributed by atoms with Crippen LogP contribution in [0.2, 0.25) is 10.0 Å². The molecule has 1 heterocycles. The van der Waals surface area contributed by atoms with E-state index >= 15 is 0 Å². The number of amides is 1. The summed E-state index contributed by atoms with van der Waals surface area (Å²) in [6, 6.07) is 5.39. The van der Waals surface area contributed by atoms with Gasteiger partial charge < -0.3 is 4.90 Å². The zero-order valence-electron chi connectivity index (χ0n) is 11.7. The highest BCUT2D eigenvalue weighted by Gasteiger charge is 2.10. The van der Waals surface area contributed by atoms with Crippen molar-refractivity contribution >= 4 is 29.1 Å². The van der Waals surface area contributed by atoms with E-state index in [9.17, 15) is 4.79 Å². The van der Waals surface area contributed by atoms with Gasteiger partial charge in [0.2, 0.25) is 5.91 Å². The van der Waals surface area contributed by atoms with Gasteiger partial charge in [-0.3, -0.25) is 9.48 Å². The van der Waals surface area contributed by atoms with Crippen molar-refractivity contribution in [1.82, 2.24) is 19.7 Å². The Morgan fingerprint density at radius 1 is 1.33 bits per heavy atom. The van der Waals surface area contributed by atoms with Gasteiger partial charge in [-0.25, -0.2) is 4.98 Å². The highest BCUT2D eigenvalue weighted by Crippen LogP contribution is 2.23. The summed E-state index contributed by atoms with van der Waals surface area (Å²) in [6.07, 6.45) is 4.33. The summed E-state index contributed by atoms with van der Waals surface area (Å²) in [5.41, 5.74) is 0.955. The van der Waals surface area contributed by atoms with E-state index in [-0.39, 0.29) is 5.91 Å². The zero-order chi connectivity index (χ0) is 15.2. The largest absolute Gasteiger partial charge is 0.341 e. The number of rotatable bonds is 6. The van der Waals surface area contributed by atoms with Crippen LogP contribution in [0.15, 0.2) is 30.9 Å². The van der Waals surface area contributed by atoms with Crippen LogP contribution >= 0.6 is 23.2 Å². The van der Waals surface area contributed by atoms with E-state index in [0.29, 0.717) is 29.6 Å². The first-order valence-corrected chi connectivity index (χ1v) is 7.32. The summed E-state index contributed by atoms with van der Waals surface area (Å²) >= 11 is 11.8. The summed E-state index contributed by atoms with van der Waals surface area (Å²) in [6.45, 7) is 1.20. The molecule has 0 radical (unpaired) electrons. The molecule has 1 aromatic heterocycles. The fourth-order valence-electron chi connectivity index (χ4n) is 1.93. The van der Waals surface area contributed by atoms with Crippen molar-refractivity contribution in [3.05, 3.63) is 46.5 Å². The SMILES string of the molecule is CN(Cc1ccc(Cl)c(Cl)c1)C(=O)CCCn1cncn1. The van der Waals surface area contributed by atoms with Gasteiger partial charge >= 0.3 is 0 Å². The number of benzene rings is 1. The minimum Gasteiger partial charge on any atom is -0.341 e. The summed E-state index contributed by atoms with van der Waals surface area (Å²) < 4.78 is 1.71. The molecular formula is C14H16Cl2N4O. The second-order valence-electron chi connectivity index (χ2n) is 4.76. The molecule has 0 aliphatic carbocycles. The zero-order valence-corrected chi connectivity index (χ0v) is 13.2. The Morgan fingerprint density at radius 2 is 2.14 bits per heavy atom. The molecule has 5 nitrogen and oxygen atoms in total. The van der Waals surface area contributed by atoms with E-state index in [1.807, 2.05) is 6.07 Å². The van der Waals surface area contributed by atoms with E-state index in [4.69, 9.17) is 23.2 Å². The normalized spacial score (nSPS) is 10.6. The van der Waals surface area contributed by atoms with Crippen LogP contribution < -0.4 is 0 Å². The fraction of sp³-hybridized carbons (Fsp3) is 0.357. The Labute approximate surface area is 133 Å². The molecule has 1 aromatic carbocycles. The molecule has 0 aliphatic heterocycles. The third-order valence-corrected chi connectivity index (χ3v) is 3.81. The molecule has 0 bridgehead atoms. The summed E-state index contributed by atoms with van der Waals surface area (Å²) in [5.74, 6) is 0.0844. The lowest BCUT2D eigenvalue weighted by Crippen LogP contribution is -2.26. The van der Waals surface area contributed by atoms with E-state index in [1.165, 1.54) is 6.33 Å². The average Bonchev–Trinajstić information content (AvgIpc) is 2.96. The first-order chi connectivity index (χ1) is 10.1. The number of halogens is 2. The maximum atomic E-state index is 12.0. The number of carbonyl (C=O) groups excluding carboxylic acids is 1. The third-order valence-electron chi connectivity index (χ3n) is 3.07. The van der Waals surface area contributed by atoms with Crippen LogP contribution in [0.25, 0.3) is 0 Å². The van der Waals surface area contributed by atoms with Gasteiger partial charge in [-0.1, -0.05) is 29.3 Å². The molecule has 1 amide bonds. The van der Waals surface area contributed by atoms with E-state index in [0.717, 1.165) is 12.0 Å². The van der Waals surface area contributed by atoms with Crippen molar-refractivity contribution in [2.24, 2.45) is 0 Å². The first kappa shape index (κ1) is 15.8. The Balaban J connectivity index is 1.80. The monoisotopic (exact) mass is 326 g/mol. The Morgan fingerprint density at radius 3 is 2.81 bits per heavy atom. The lowest BCUT2D eigenvalue weighted by Gasteiger charge is -2.17. The van der Waals surface area contributed by atoms with Crippen molar-refractivity contribution in [2.45, 2.75) is 25.9 Å². The number of aromatic nitrogens is 3. The van der Waals surface area contributed by atoms with Gasteiger partial charge in [0, 0.05) is 26.6 Å². The topological polar surface area (TPSA) is 51.0 Å². The highest BCUT2D eigenvalue weighted by atomic mass is 35.5. The molecule has 0 aliphatic rings. The third kappa shape index (κ3) is 4.72. The molecule has 2 rings (SSSR count). The van der Waals surface area contributed by atoms with Crippen molar-refractivity contribution in [1.29, 1.82) is 0 Å². The van der Waals surface area contributed by atoms with Crippen LogP contribution in [0, 0.1) is 0 Å². The molecule has 0 unspecified atom stereocenters. The minimum absolute atomic E-state index is 0.0844.